The quantitative estimate of drug-likeness (QED) is 0.716. The number of aromatic nitrogens is 2. The molecule has 1 aromatic heterocycles. The van der Waals surface area contributed by atoms with Crippen LogP contribution in [0.3, 0.4) is 0 Å². The lowest BCUT2D eigenvalue weighted by atomic mass is 10.0. The smallest absolute Gasteiger partial charge is 0.227 e. The molecule has 0 aliphatic rings. The zero-order chi connectivity index (χ0) is 17.8. The van der Waals surface area contributed by atoms with Gasteiger partial charge in [-0.15, -0.1) is 0 Å². The molecule has 3 aromatic rings. The highest BCUT2D eigenvalue weighted by atomic mass is 15.1. The molecule has 0 unspecified atom stereocenters. The van der Waals surface area contributed by atoms with E-state index in [-0.39, 0.29) is 0 Å². The number of nitriles is 1. The molecule has 0 saturated heterocycles. The van der Waals surface area contributed by atoms with Crippen LogP contribution < -0.4 is 5.32 Å². The number of aryl methyl sites for hydroxylation is 1. The second kappa shape index (κ2) is 7.14. The van der Waals surface area contributed by atoms with E-state index in [1.807, 2.05) is 30.3 Å². The largest absolute Gasteiger partial charge is 0.324 e. The first-order valence-corrected chi connectivity index (χ1v) is 8.28. The molecule has 124 valence electrons. The highest BCUT2D eigenvalue weighted by Crippen LogP contribution is 2.26. The Morgan fingerprint density at radius 2 is 1.84 bits per heavy atom. The van der Waals surface area contributed by atoms with Crippen molar-refractivity contribution in [1.82, 2.24) is 9.97 Å². The number of benzene rings is 2. The van der Waals surface area contributed by atoms with Gasteiger partial charge >= 0.3 is 0 Å². The summed E-state index contributed by atoms with van der Waals surface area (Å²) >= 11 is 0. The number of hydrogen-bond donors (Lipinski definition) is 1. The molecule has 0 bridgehead atoms. The van der Waals surface area contributed by atoms with Gasteiger partial charge in [0.2, 0.25) is 5.95 Å². The summed E-state index contributed by atoms with van der Waals surface area (Å²) in [4.78, 5) is 8.85. The van der Waals surface area contributed by atoms with E-state index in [1.54, 1.807) is 6.20 Å². The minimum Gasteiger partial charge on any atom is -0.324 e. The van der Waals surface area contributed by atoms with Crippen LogP contribution in [-0.2, 0) is 0 Å². The van der Waals surface area contributed by atoms with Gasteiger partial charge in [0.15, 0.2) is 0 Å². The molecule has 4 heteroatoms. The zero-order valence-electron chi connectivity index (χ0n) is 14.6. The van der Waals surface area contributed by atoms with Crippen LogP contribution in [0.1, 0.15) is 36.5 Å². The maximum absolute atomic E-state index is 9.34. The van der Waals surface area contributed by atoms with Crippen LogP contribution in [0, 0.1) is 18.3 Å². The van der Waals surface area contributed by atoms with Crippen LogP contribution in [-0.4, -0.2) is 9.97 Å². The monoisotopic (exact) mass is 328 g/mol. The normalized spacial score (nSPS) is 10.5. The fourth-order valence-electron chi connectivity index (χ4n) is 2.65. The molecule has 4 nitrogen and oxygen atoms in total. The van der Waals surface area contributed by atoms with Gasteiger partial charge < -0.3 is 5.32 Å². The standard InChI is InChI=1S/C21H20N4/c1-14(2)17-9-10-19(15(3)11-17)24-21-23-13-18(12-22)20(25-21)16-7-5-4-6-8-16/h4-11,13-14H,1-3H3,(H,23,24,25). The van der Waals surface area contributed by atoms with Gasteiger partial charge in [0.25, 0.3) is 0 Å². The number of hydrogen-bond acceptors (Lipinski definition) is 4. The predicted octanol–water partition coefficient (Wildman–Crippen LogP) is 5.19. The first-order chi connectivity index (χ1) is 12.1. The Hall–Kier alpha value is -3.19. The number of nitrogens with one attached hydrogen (secondary N) is 1. The van der Waals surface area contributed by atoms with Gasteiger partial charge in [-0.1, -0.05) is 56.3 Å². The van der Waals surface area contributed by atoms with Crippen molar-refractivity contribution in [2.75, 3.05) is 5.32 Å². The van der Waals surface area contributed by atoms with Crippen LogP contribution in [0.4, 0.5) is 11.6 Å². The van der Waals surface area contributed by atoms with Crippen molar-refractivity contribution in [3.63, 3.8) is 0 Å². The van der Waals surface area contributed by atoms with Crippen molar-refractivity contribution < 1.29 is 0 Å². The van der Waals surface area contributed by atoms with Crippen molar-refractivity contribution in [1.29, 1.82) is 5.26 Å². The lowest BCUT2D eigenvalue weighted by molar-refractivity contribution is 0.865. The molecule has 0 radical (unpaired) electrons. The summed E-state index contributed by atoms with van der Waals surface area (Å²) in [6.07, 6.45) is 1.56. The molecule has 3 rings (SSSR count). The van der Waals surface area contributed by atoms with Crippen molar-refractivity contribution in [2.45, 2.75) is 26.7 Å². The average molecular weight is 328 g/mol. The third-order valence-corrected chi connectivity index (χ3v) is 4.12. The maximum atomic E-state index is 9.34. The Balaban J connectivity index is 1.96. The summed E-state index contributed by atoms with van der Waals surface area (Å²) in [5.41, 5.74) is 5.40. The average Bonchev–Trinajstić information content (AvgIpc) is 2.64. The summed E-state index contributed by atoms with van der Waals surface area (Å²) in [6, 6.07) is 18.2. The highest BCUT2D eigenvalue weighted by Gasteiger charge is 2.10. The van der Waals surface area contributed by atoms with E-state index in [4.69, 9.17) is 0 Å². The number of anilines is 2. The zero-order valence-corrected chi connectivity index (χ0v) is 14.6. The van der Waals surface area contributed by atoms with Gasteiger partial charge in [0.05, 0.1) is 17.5 Å². The Morgan fingerprint density at radius 3 is 2.48 bits per heavy atom. The van der Waals surface area contributed by atoms with Crippen LogP contribution >= 0.6 is 0 Å². The topological polar surface area (TPSA) is 61.6 Å². The lowest BCUT2D eigenvalue weighted by Crippen LogP contribution is -2.02. The molecule has 1 N–H and O–H groups in total. The lowest BCUT2D eigenvalue weighted by Gasteiger charge is -2.13. The van der Waals surface area contributed by atoms with Gasteiger partial charge in [-0.05, 0) is 30.0 Å². The van der Waals surface area contributed by atoms with Gasteiger partial charge in [-0.2, -0.15) is 5.26 Å². The molecule has 0 amide bonds. The fourth-order valence-corrected chi connectivity index (χ4v) is 2.65. The first-order valence-electron chi connectivity index (χ1n) is 8.28. The third-order valence-electron chi connectivity index (χ3n) is 4.12. The molecule has 0 aliphatic carbocycles. The SMILES string of the molecule is Cc1cc(C(C)C)ccc1Nc1ncc(C#N)c(-c2ccccc2)n1. The van der Waals surface area contributed by atoms with E-state index in [2.05, 4.69) is 60.3 Å². The van der Waals surface area contributed by atoms with Crippen molar-refractivity contribution in [3.05, 3.63) is 71.4 Å². The minimum absolute atomic E-state index is 0.462. The van der Waals surface area contributed by atoms with Crippen LogP contribution in [0.5, 0.6) is 0 Å². The Kier molecular flexibility index (Phi) is 4.76. The molecule has 2 aromatic carbocycles. The molecule has 25 heavy (non-hydrogen) atoms. The molecule has 0 atom stereocenters. The second-order valence-corrected chi connectivity index (χ2v) is 6.29. The first kappa shape index (κ1) is 16.7. The second-order valence-electron chi connectivity index (χ2n) is 6.29. The Morgan fingerprint density at radius 1 is 1.08 bits per heavy atom. The molecule has 1 heterocycles. The fraction of sp³-hybridized carbons (Fsp3) is 0.190. The third kappa shape index (κ3) is 3.67. The van der Waals surface area contributed by atoms with Gasteiger partial charge in [0, 0.05) is 11.3 Å². The Bertz CT molecular complexity index is 924. The number of nitrogens with zero attached hydrogens (tertiary/aromatic N) is 3. The van der Waals surface area contributed by atoms with Crippen molar-refractivity contribution >= 4 is 11.6 Å². The summed E-state index contributed by atoms with van der Waals surface area (Å²) in [5, 5.41) is 12.6. The van der Waals surface area contributed by atoms with E-state index < -0.39 is 0 Å². The van der Waals surface area contributed by atoms with Gasteiger partial charge in [-0.3, -0.25) is 0 Å². The van der Waals surface area contributed by atoms with E-state index in [1.165, 1.54) is 5.56 Å². The molecule has 0 saturated carbocycles. The minimum atomic E-state index is 0.462. The molecular formula is C21H20N4. The van der Waals surface area contributed by atoms with E-state index in [9.17, 15) is 5.26 Å². The Labute approximate surface area is 148 Å². The summed E-state index contributed by atoms with van der Waals surface area (Å²) in [7, 11) is 0. The molecule has 0 aliphatic heterocycles. The van der Waals surface area contributed by atoms with Crippen LogP contribution in [0.15, 0.2) is 54.7 Å². The predicted molar refractivity (Wildman–Crippen MR) is 101 cm³/mol. The van der Waals surface area contributed by atoms with E-state index in [0.717, 1.165) is 16.8 Å². The molecular weight excluding hydrogens is 308 g/mol. The number of rotatable bonds is 4. The van der Waals surface area contributed by atoms with Crippen molar-refractivity contribution in [2.24, 2.45) is 0 Å². The highest BCUT2D eigenvalue weighted by molar-refractivity contribution is 5.68. The van der Waals surface area contributed by atoms with Gasteiger partial charge in [0.1, 0.15) is 6.07 Å². The summed E-state index contributed by atoms with van der Waals surface area (Å²) in [5.74, 6) is 0.974. The van der Waals surface area contributed by atoms with Gasteiger partial charge in [-0.25, -0.2) is 9.97 Å². The van der Waals surface area contributed by atoms with Crippen molar-refractivity contribution in [3.8, 4) is 17.3 Å². The van der Waals surface area contributed by atoms with E-state index in [0.29, 0.717) is 23.1 Å². The van der Waals surface area contributed by atoms with E-state index >= 15 is 0 Å². The van der Waals surface area contributed by atoms with Crippen LogP contribution in [0.25, 0.3) is 11.3 Å². The molecule has 0 spiro atoms. The molecule has 0 fully saturated rings. The summed E-state index contributed by atoms with van der Waals surface area (Å²) in [6.45, 7) is 6.42. The maximum Gasteiger partial charge on any atom is 0.227 e. The van der Waals surface area contributed by atoms with Crippen LogP contribution in [0.2, 0.25) is 0 Å². The summed E-state index contributed by atoms with van der Waals surface area (Å²) < 4.78 is 0.